The summed E-state index contributed by atoms with van der Waals surface area (Å²) in [6, 6.07) is 26.6. The highest BCUT2D eigenvalue weighted by Crippen LogP contribution is 2.35. The minimum Gasteiger partial charge on any atom is -0.367 e. The van der Waals surface area contributed by atoms with Crippen LogP contribution in [-0.4, -0.2) is 102 Å². The van der Waals surface area contributed by atoms with Gasteiger partial charge < -0.3 is 25.8 Å². The second kappa shape index (κ2) is 16.8. The predicted octanol–water partition coefficient (Wildman–Crippen LogP) is 4.27. The number of piperidine rings is 1. The van der Waals surface area contributed by atoms with E-state index in [2.05, 4.69) is 26.3 Å². The van der Waals surface area contributed by atoms with Gasteiger partial charge in [0.15, 0.2) is 0 Å². The second-order valence-corrected chi connectivity index (χ2v) is 14.8. The molecule has 8 rings (SSSR count). The van der Waals surface area contributed by atoms with E-state index in [0.29, 0.717) is 61.6 Å². The maximum atomic E-state index is 13.6. The summed E-state index contributed by atoms with van der Waals surface area (Å²) in [6.45, 7) is 2.01. The van der Waals surface area contributed by atoms with Crippen LogP contribution < -0.4 is 26.2 Å². The summed E-state index contributed by atoms with van der Waals surface area (Å²) in [5, 5.41) is 12.0. The number of nitrogens with one attached hydrogen (secondary N) is 4. The molecule has 4 N–H and O–H groups in total. The van der Waals surface area contributed by atoms with Gasteiger partial charge >= 0.3 is 0 Å². The molecule has 0 saturated carbocycles. The van der Waals surface area contributed by atoms with Crippen molar-refractivity contribution in [2.24, 2.45) is 0 Å². The number of hydrogen-bond donors (Lipinski definition) is 4. The zero-order chi connectivity index (χ0) is 41.9. The first-order valence-corrected chi connectivity index (χ1v) is 19.8. The second-order valence-electron chi connectivity index (χ2n) is 14.8. The number of benzene rings is 4. The third-order valence-electron chi connectivity index (χ3n) is 11.1. The van der Waals surface area contributed by atoms with E-state index in [-0.39, 0.29) is 48.1 Å². The Hall–Kier alpha value is -7.42. The van der Waals surface area contributed by atoms with E-state index in [1.807, 2.05) is 65.6 Å². The average Bonchev–Trinajstić information content (AvgIpc) is 3.53. The van der Waals surface area contributed by atoms with Gasteiger partial charge in [-0.2, -0.15) is 0 Å². The van der Waals surface area contributed by atoms with E-state index in [4.69, 9.17) is 0 Å². The Morgan fingerprint density at radius 2 is 1.57 bits per heavy atom. The van der Waals surface area contributed by atoms with Crippen LogP contribution in [0, 0.1) is 0 Å². The SMILES string of the molecule is CNC(=O)c1cnc2ccc(-c3ccc(C(=O)NCCCC(=O)N4CCN(c5cccc6c5C(=O)N(C5CCC(=O)NC5=O)C6=O)CC4)cc3)cc2c1Nc1ccccc1. The number of pyridine rings is 1. The number of piperazine rings is 1. The van der Waals surface area contributed by atoms with E-state index in [1.165, 1.54) is 0 Å². The van der Waals surface area contributed by atoms with Crippen molar-refractivity contribution < 1.29 is 33.6 Å². The Kier molecular flexibility index (Phi) is 11.0. The summed E-state index contributed by atoms with van der Waals surface area (Å²) in [4.78, 5) is 99.2. The smallest absolute Gasteiger partial charge is 0.264 e. The highest BCUT2D eigenvalue weighted by atomic mass is 16.2. The quantitative estimate of drug-likeness (QED) is 0.111. The largest absolute Gasteiger partial charge is 0.367 e. The summed E-state index contributed by atoms with van der Waals surface area (Å²) >= 11 is 0. The normalized spacial score (nSPS) is 16.4. The number of imide groups is 2. The molecule has 15 nitrogen and oxygen atoms in total. The minimum atomic E-state index is -1.05. The number of fused-ring (bicyclic) bond motifs is 2. The van der Waals surface area contributed by atoms with Crippen molar-refractivity contribution in [1.82, 2.24) is 30.7 Å². The van der Waals surface area contributed by atoms with Crippen LogP contribution >= 0.6 is 0 Å². The molecule has 0 aliphatic carbocycles. The fraction of sp³-hybridized carbons (Fsp3) is 0.244. The standard InChI is InChI=1S/C45H42N8O7/c1-46-42(57)33-26-48-34-17-16-29(25-32(34)40(33)49-30-7-3-2-4-8-30)27-12-14-28(15-13-27)41(56)47-20-6-11-38(55)52-23-21-51(22-24-52)35-10-5-9-31-39(35)45(60)53(44(31)59)36-18-19-37(54)50-43(36)58/h2-5,7-10,12-17,25-26,36H,6,11,18-24H2,1H3,(H,46,57)(H,47,56)(H,48,49)(H,50,54,58). The highest BCUT2D eigenvalue weighted by Gasteiger charge is 2.46. The van der Waals surface area contributed by atoms with Gasteiger partial charge in [-0.25, -0.2) is 0 Å². The topological polar surface area (TPSA) is 190 Å². The molecular weight excluding hydrogens is 765 g/mol. The Balaban J connectivity index is 0.838. The number of carbonyl (C=O) groups is 7. The van der Waals surface area contributed by atoms with Crippen molar-refractivity contribution in [2.75, 3.05) is 50.0 Å². The van der Waals surface area contributed by atoms with E-state index >= 15 is 0 Å². The van der Waals surface area contributed by atoms with Crippen LogP contribution in [0.15, 0.2) is 97.2 Å². The molecule has 15 heteroatoms. The summed E-state index contributed by atoms with van der Waals surface area (Å²) in [5.74, 6) is -2.78. The molecule has 1 unspecified atom stereocenters. The Labute approximate surface area is 345 Å². The highest BCUT2D eigenvalue weighted by molar-refractivity contribution is 6.25. The summed E-state index contributed by atoms with van der Waals surface area (Å²) < 4.78 is 0. The van der Waals surface area contributed by atoms with Crippen LogP contribution in [0.5, 0.6) is 0 Å². The number of carbonyl (C=O) groups excluding carboxylic acids is 7. The molecule has 4 aromatic carbocycles. The van der Waals surface area contributed by atoms with Gasteiger partial charge in [-0.1, -0.05) is 42.5 Å². The van der Waals surface area contributed by atoms with Gasteiger partial charge in [-0.05, 0) is 72.5 Å². The van der Waals surface area contributed by atoms with Crippen molar-refractivity contribution >= 4 is 69.3 Å². The molecule has 1 aromatic heterocycles. The van der Waals surface area contributed by atoms with Crippen LogP contribution in [0.1, 0.15) is 67.1 Å². The minimum absolute atomic E-state index is 0.0414. The lowest BCUT2D eigenvalue weighted by Gasteiger charge is -2.37. The molecule has 304 valence electrons. The van der Waals surface area contributed by atoms with Crippen LogP contribution in [-0.2, 0) is 14.4 Å². The molecule has 0 spiro atoms. The number of para-hydroxylation sites is 1. The molecule has 0 radical (unpaired) electrons. The van der Waals surface area contributed by atoms with Gasteiger partial charge in [0.1, 0.15) is 6.04 Å². The molecule has 3 aliphatic heterocycles. The van der Waals surface area contributed by atoms with Crippen LogP contribution in [0.25, 0.3) is 22.0 Å². The molecule has 4 heterocycles. The lowest BCUT2D eigenvalue weighted by molar-refractivity contribution is -0.136. The molecule has 0 bridgehead atoms. The number of amides is 7. The van der Waals surface area contributed by atoms with Gasteiger partial charge in [-0.3, -0.25) is 48.8 Å². The molecule has 2 saturated heterocycles. The van der Waals surface area contributed by atoms with Gasteiger partial charge in [0, 0.05) is 75.4 Å². The van der Waals surface area contributed by atoms with Crippen molar-refractivity contribution in [3.8, 4) is 11.1 Å². The number of rotatable bonds is 11. The van der Waals surface area contributed by atoms with E-state index in [9.17, 15) is 33.6 Å². The lowest BCUT2D eigenvalue weighted by atomic mass is 9.99. The van der Waals surface area contributed by atoms with Crippen LogP contribution in [0.4, 0.5) is 17.1 Å². The van der Waals surface area contributed by atoms with Gasteiger partial charge in [0.2, 0.25) is 17.7 Å². The van der Waals surface area contributed by atoms with E-state index < -0.39 is 29.7 Å². The average molecular weight is 807 g/mol. The summed E-state index contributed by atoms with van der Waals surface area (Å²) in [6.07, 6.45) is 2.37. The fourth-order valence-corrected chi connectivity index (χ4v) is 7.95. The monoisotopic (exact) mass is 806 g/mol. The van der Waals surface area contributed by atoms with E-state index in [1.54, 1.807) is 48.5 Å². The molecule has 7 amide bonds. The molecule has 60 heavy (non-hydrogen) atoms. The van der Waals surface area contributed by atoms with Crippen molar-refractivity contribution in [2.45, 2.75) is 31.7 Å². The van der Waals surface area contributed by atoms with Crippen molar-refractivity contribution in [1.29, 1.82) is 0 Å². The first-order chi connectivity index (χ1) is 29.1. The van der Waals surface area contributed by atoms with Gasteiger partial charge in [0.25, 0.3) is 23.6 Å². The Morgan fingerprint density at radius 1 is 0.817 bits per heavy atom. The molecular formula is C45H42N8O7. The Bertz CT molecular complexity index is 2550. The third kappa shape index (κ3) is 7.76. The van der Waals surface area contributed by atoms with Crippen molar-refractivity contribution in [3.63, 3.8) is 0 Å². The first-order valence-electron chi connectivity index (χ1n) is 19.8. The van der Waals surface area contributed by atoms with Gasteiger partial charge in [-0.15, -0.1) is 0 Å². The number of nitrogens with zero attached hydrogens (tertiary/aromatic N) is 4. The van der Waals surface area contributed by atoms with E-state index in [0.717, 1.165) is 32.6 Å². The van der Waals surface area contributed by atoms with Gasteiger partial charge in [0.05, 0.1) is 33.6 Å². The predicted molar refractivity (Wildman–Crippen MR) is 224 cm³/mol. The Morgan fingerprint density at radius 3 is 2.30 bits per heavy atom. The fourth-order valence-electron chi connectivity index (χ4n) is 7.95. The zero-order valence-electron chi connectivity index (χ0n) is 32.8. The molecule has 2 fully saturated rings. The van der Waals surface area contributed by atoms with Crippen LogP contribution in [0.2, 0.25) is 0 Å². The first kappa shape index (κ1) is 39.4. The van der Waals surface area contributed by atoms with Crippen molar-refractivity contribution in [3.05, 3.63) is 119 Å². The summed E-state index contributed by atoms with van der Waals surface area (Å²) in [5.41, 5.74) is 5.84. The zero-order valence-corrected chi connectivity index (χ0v) is 32.8. The molecule has 1 atom stereocenters. The maximum Gasteiger partial charge on any atom is 0.264 e. The lowest BCUT2D eigenvalue weighted by Crippen LogP contribution is -2.54. The maximum absolute atomic E-state index is 13.6. The molecule has 5 aromatic rings. The van der Waals surface area contributed by atoms with Crippen LogP contribution in [0.3, 0.4) is 0 Å². The number of aromatic nitrogens is 1. The molecule has 3 aliphatic rings. The third-order valence-corrected chi connectivity index (χ3v) is 11.1. The summed E-state index contributed by atoms with van der Waals surface area (Å²) in [7, 11) is 1.58. The number of anilines is 3. The number of hydrogen-bond acceptors (Lipinski definition) is 10.